The zero-order valence-electron chi connectivity index (χ0n) is 18.6. The molecule has 1 fully saturated rings. The number of aliphatic hydroxyl groups is 1. The molecule has 0 saturated carbocycles. The number of hydrogen-bond acceptors (Lipinski definition) is 6. The largest absolute Gasteiger partial charge is 0.390 e. The van der Waals surface area contributed by atoms with Crippen molar-refractivity contribution in [3.8, 4) is 5.95 Å². The second-order valence-corrected chi connectivity index (χ2v) is 8.90. The lowest BCUT2D eigenvalue weighted by atomic mass is 10.0. The minimum absolute atomic E-state index is 0.0222. The first kappa shape index (κ1) is 21.9. The summed E-state index contributed by atoms with van der Waals surface area (Å²) < 4.78 is 1.67. The van der Waals surface area contributed by atoms with Gasteiger partial charge in [-0.3, -0.25) is 9.59 Å². The van der Waals surface area contributed by atoms with Crippen LogP contribution in [0, 0.1) is 6.92 Å². The fraction of sp³-hybridized carbons (Fsp3) is 0.435. The van der Waals surface area contributed by atoms with E-state index < -0.39 is 5.60 Å². The molecule has 3 heterocycles. The van der Waals surface area contributed by atoms with Crippen LogP contribution in [0.4, 0.5) is 0 Å². The van der Waals surface area contributed by atoms with E-state index in [4.69, 9.17) is 0 Å². The number of rotatable bonds is 5. The number of carbonyl (C=O) groups excluding carboxylic acids is 2. The van der Waals surface area contributed by atoms with Crippen molar-refractivity contribution in [2.75, 3.05) is 13.1 Å². The summed E-state index contributed by atoms with van der Waals surface area (Å²) in [6.45, 7) is 6.30. The van der Waals surface area contributed by atoms with Gasteiger partial charge in [-0.25, -0.2) is 9.97 Å². The second-order valence-electron chi connectivity index (χ2n) is 8.90. The van der Waals surface area contributed by atoms with Gasteiger partial charge in [-0.05, 0) is 39.7 Å². The van der Waals surface area contributed by atoms with Crippen molar-refractivity contribution in [1.82, 2.24) is 30.0 Å². The fourth-order valence-electron chi connectivity index (χ4n) is 3.95. The number of likely N-dealkylation sites (tertiary alicyclic amines) is 1. The van der Waals surface area contributed by atoms with Gasteiger partial charge in [0.05, 0.1) is 28.8 Å². The Hall–Kier alpha value is -3.33. The lowest BCUT2D eigenvalue weighted by Crippen LogP contribution is -2.47. The molecule has 0 atom stereocenters. The van der Waals surface area contributed by atoms with Gasteiger partial charge in [0.25, 0.3) is 11.9 Å². The van der Waals surface area contributed by atoms with Crippen molar-refractivity contribution in [2.24, 2.45) is 0 Å². The van der Waals surface area contributed by atoms with E-state index in [9.17, 15) is 14.7 Å². The molecular formula is C23H28N6O3. The topological polar surface area (TPSA) is 113 Å². The number of carbonyl (C=O) groups is 2. The van der Waals surface area contributed by atoms with Gasteiger partial charge in [0, 0.05) is 36.9 Å². The number of aromatic nitrogens is 4. The number of nitrogens with one attached hydrogen (secondary N) is 1. The van der Waals surface area contributed by atoms with Crippen LogP contribution in [0.1, 0.15) is 49.2 Å². The smallest absolute Gasteiger partial charge is 0.254 e. The summed E-state index contributed by atoms with van der Waals surface area (Å²) in [5.74, 6) is 0.108. The summed E-state index contributed by atoms with van der Waals surface area (Å²) in [7, 11) is 0. The Balaban J connectivity index is 1.36. The molecule has 9 nitrogen and oxygen atoms in total. The van der Waals surface area contributed by atoms with Crippen LogP contribution < -0.4 is 5.32 Å². The molecule has 1 aliphatic heterocycles. The van der Waals surface area contributed by atoms with Gasteiger partial charge in [0.1, 0.15) is 0 Å². The molecule has 1 aromatic carbocycles. The lowest BCUT2D eigenvalue weighted by Gasteiger charge is -2.33. The standard InChI is InChI=1S/C23H28N6O3/c1-15-18-6-4-5-7-19(18)29(27-15)22-24-13-16(14-25-22)21(31)26-17-8-10-28(11-9-17)20(30)12-23(2,3)32/h4-7,13-14,17,32H,8-12H2,1-3H3,(H,26,31). The first-order valence-corrected chi connectivity index (χ1v) is 10.8. The highest BCUT2D eigenvalue weighted by molar-refractivity contribution is 5.93. The Bertz CT molecular complexity index is 1120. The highest BCUT2D eigenvalue weighted by atomic mass is 16.3. The molecule has 1 aliphatic rings. The number of fused-ring (bicyclic) bond motifs is 1. The third kappa shape index (κ3) is 4.77. The van der Waals surface area contributed by atoms with Gasteiger partial charge in [-0.1, -0.05) is 18.2 Å². The minimum Gasteiger partial charge on any atom is -0.390 e. The van der Waals surface area contributed by atoms with E-state index in [1.165, 1.54) is 12.4 Å². The average molecular weight is 437 g/mol. The third-order valence-electron chi connectivity index (χ3n) is 5.63. The summed E-state index contributed by atoms with van der Waals surface area (Å²) in [6.07, 6.45) is 4.44. The third-order valence-corrected chi connectivity index (χ3v) is 5.63. The van der Waals surface area contributed by atoms with E-state index in [0.717, 1.165) is 16.6 Å². The molecule has 9 heteroatoms. The van der Waals surface area contributed by atoms with E-state index in [-0.39, 0.29) is 24.3 Å². The number of amides is 2. The predicted molar refractivity (Wildman–Crippen MR) is 119 cm³/mol. The van der Waals surface area contributed by atoms with Gasteiger partial charge >= 0.3 is 0 Å². The van der Waals surface area contributed by atoms with Crippen LogP contribution in [0.2, 0.25) is 0 Å². The quantitative estimate of drug-likeness (QED) is 0.633. The van der Waals surface area contributed by atoms with E-state index >= 15 is 0 Å². The molecule has 4 rings (SSSR count). The number of hydrogen-bond donors (Lipinski definition) is 2. The van der Waals surface area contributed by atoms with Crippen LogP contribution in [0.15, 0.2) is 36.7 Å². The first-order chi connectivity index (χ1) is 15.2. The van der Waals surface area contributed by atoms with Gasteiger partial charge in [-0.15, -0.1) is 0 Å². The molecule has 2 aromatic heterocycles. The lowest BCUT2D eigenvalue weighted by molar-refractivity contribution is -0.136. The molecule has 0 radical (unpaired) electrons. The normalized spacial score (nSPS) is 15.2. The zero-order valence-corrected chi connectivity index (χ0v) is 18.6. The molecule has 168 valence electrons. The molecule has 1 saturated heterocycles. The summed E-state index contributed by atoms with van der Waals surface area (Å²) in [6, 6.07) is 7.83. The zero-order chi connectivity index (χ0) is 22.9. The summed E-state index contributed by atoms with van der Waals surface area (Å²) >= 11 is 0. The summed E-state index contributed by atoms with van der Waals surface area (Å²) in [5.41, 5.74) is 1.16. The Morgan fingerprint density at radius 1 is 1.16 bits per heavy atom. The fourth-order valence-corrected chi connectivity index (χ4v) is 3.95. The molecule has 0 unspecified atom stereocenters. The van der Waals surface area contributed by atoms with Crippen LogP contribution in [0.3, 0.4) is 0 Å². The number of piperidine rings is 1. The predicted octanol–water partition coefficient (Wildman–Crippen LogP) is 2.01. The Morgan fingerprint density at radius 3 is 2.47 bits per heavy atom. The maximum absolute atomic E-state index is 12.7. The van der Waals surface area contributed by atoms with Gasteiger partial charge in [0.15, 0.2) is 0 Å². The van der Waals surface area contributed by atoms with E-state index in [1.807, 2.05) is 31.2 Å². The van der Waals surface area contributed by atoms with E-state index in [2.05, 4.69) is 20.4 Å². The summed E-state index contributed by atoms with van der Waals surface area (Å²) in [5, 5.41) is 18.4. The monoisotopic (exact) mass is 436 g/mol. The van der Waals surface area contributed by atoms with Crippen molar-refractivity contribution in [2.45, 2.75) is 51.7 Å². The Labute approximate surface area is 186 Å². The van der Waals surface area contributed by atoms with Gasteiger partial charge < -0.3 is 15.3 Å². The Kier molecular flexibility index (Phi) is 5.92. The highest BCUT2D eigenvalue weighted by Gasteiger charge is 2.27. The van der Waals surface area contributed by atoms with Crippen LogP contribution in [-0.4, -0.2) is 66.3 Å². The van der Waals surface area contributed by atoms with Crippen molar-refractivity contribution >= 4 is 22.7 Å². The van der Waals surface area contributed by atoms with Gasteiger partial charge in [-0.2, -0.15) is 9.78 Å². The Morgan fingerprint density at radius 2 is 1.81 bits per heavy atom. The highest BCUT2D eigenvalue weighted by Crippen LogP contribution is 2.20. The van der Waals surface area contributed by atoms with E-state index in [1.54, 1.807) is 23.4 Å². The minimum atomic E-state index is -1.02. The first-order valence-electron chi connectivity index (χ1n) is 10.8. The molecule has 0 bridgehead atoms. The molecule has 0 aliphatic carbocycles. The van der Waals surface area contributed by atoms with Crippen molar-refractivity contribution in [1.29, 1.82) is 0 Å². The second kappa shape index (κ2) is 8.66. The number of benzene rings is 1. The molecule has 0 spiro atoms. The average Bonchev–Trinajstić information content (AvgIpc) is 3.10. The van der Waals surface area contributed by atoms with Crippen LogP contribution >= 0.6 is 0 Å². The van der Waals surface area contributed by atoms with Crippen LogP contribution in [-0.2, 0) is 4.79 Å². The molecule has 2 amide bonds. The van der Waals surface area contributed by atoms with Gasteiger partial charge in [0.2, 0.25) is 5.91 Å². The number of para-hydroxylation sites is 1. The SMILES string of the molecule is Cc1nn(-c2ncc(C(=O)NC3CCN(C(=O)CC(C)(C)O)CC3)cn2)c2ccccc12. The summed E-state index contributed by atoms with van der Waals surface area (Å²) in [4.78, 5) is 35.3. The number of nitrogens with zero attached hydrogens (tertiary/aromatic N) is 5. The molecular weight excluding hydrogens is 408 g/mol. The van der Waals surface area contributed by atoms with Crippen LogP contribution in [0.25, 0.3) is 16.9 Å². The van der Waals surface area contributed by atoms with Crippen LogP contribution in [0.5, 0.6) is 0 Å². The molecule has 2 N–H and O–H groups in total. The maximum Gasteiger partial charge on any atom is 0.254 e. The van der Waals surface area contributed by atoms with Crippen molar-refractivity contribution in [3.05, 3.63) is 47.9 Å². The number of aryl methyl sites for hydroxylation is 1. The maximum atomic E-state index is 12.7. The molecule has 32 heavy (non-hydrogen) atoms. The molecule has 3 aromatic rings. The van der Waals surface area contributed by atoms with Crippen molar-refractivity contribution < 1.29 is 14.7 Å². The van der Waals surface area contributed by atoms with E-state index in [0.29, 0.717) is 37.4 Å². The van der Waals surface area contributed by atoms with Crippen molar-refractivity contribution in [3.63, 3.8) is 0 Å².